The highest BCUT2D eigenvalue weighted by Gasteiger charge is 2.08. The molecule has 2 N–H and O–H groups in total. The van der Waals surface area contributed by atoms with Crippen LogP contribution in [-0.4, -0.2) is 35.8 Å². The highest BCUT2D eigenvalue weighted by Crippen LogP contribution is 2.09. The molecule has 1 rings (SSSR count). The number of nitrogens with two attached hydrogens (primary N) is 1. The van der Waals surface area contributed by atoms with Crippen LogP contribution in [0.3, 0.4) is 0 Å². The fourth-order valence-electron chi connectivity index (χ4n) is 0.805. The Morgan fingerprint density at radius 1 is 1.54 bits per heavy atom. The number of hydrogen-bond acceptors (Lipinski definition) is 6. The van der Waals surface area contributed by atoms with Gasteiger partial charge in [0.25, 0.3) is 0 Å². The lowest BCUT2D eigenvalue weighted by Crippen LogP contribution is -2.20. The molecule has 0 aliphatic rings. The van der Waals surface area contributed by atoms with Gasteiger partial charge < -0.3 is 15.1 Å². The molecule has 1 aromatic rings. The summed E-state index contributed by atoms with van der Waals surface area (Å²) in [5.74, 6) is 1.52. The van der Waals surface area contributed by atoms with Crippen molar-refractivity contribution in [3.8, 4) is 0 Å². The lowest BCUT2D eigenvalue weighted by atomic mass is 10.6. The highest BCUT2D eigenvalue weighted by molar-refractivity contribution is 7.98. The minimum atomic E-state index is 0.295. The maximum atomic E-state index is 5.34. The molecule has 0 spiro atoms. The molecule has 1 heterocycles. The van der Waals surface area contributed by atoms with Crippen molar-refractivity contribution in [3.05, 3.63) is 5.89 Å². The van der Waals surface area contributed by atoms with E-state index >= 15 is 0 Å². The second-order valence-corrected chi connectivity index (χ2v) is 3.58. The van der Waals surface area contributed by atoms with Gasteiger partial charge in [0, 0.05) is 19.3 Å². The van der Waals surface area contributed by atoms with Crippen molar-refractivity contribution in [3.63, 3.8) is 0 Å². The van der Waals surface area contributed by atoms with Gasteiger partial charge in [-0.3, -0.25) is 0 Å². The molecular weight excluding hydrogens is 188 g/mol. The fourth-order valence-corrected chi connectivity index (χ4v) is 1.26. The van der Waals surface area contributed by atoms with Crippen molar-refractivity contribution < 1.29 is 4.42 Å². The van der Waals surface area contributed by atoms with E-state index in [1.54, 1.807) is 11.8 Å². The summed E-state index contributed by atoms with van der Waals surface area (Å²) in [4.78, 5) is 1.92. The number of nitrogens with zero attached hydrogens (tertiary/aromatic N) is 3. The minimum Gasteiger partial charge on any atom is -0.407 e. The summed E-state index contributed by atoms with van der Waals surface area (Å²) in [6, 6.07) is 0.537. The molecule has 6 heteroatoms. The quantitative estimate of drug-likeness (QED) is 0.742. The number of aromatic nitrogens is 2. The summed E-state index contributed by atoms with van der Waals surface area (Å²) in [6.07, 6.45) is 2.06. The molecule has 0 saturated heterocycles. The lowest BCUT2D eigenvalue weighted by Gasteiger charge is -2.11. The minimum absolute atomic E-state index is 0.295. The van der Waals surface area contributed by atoms with Gasteiger partial charge in [0.15, 0.2) is 0 Å². The average Bonchev–Trinajstić information content (AvgIpc) is 2.62. The molecule has 13 heavy (non-hydrogen) atoms. The molecule has 1 aromatic heterocycles. The van der Waals surface area contributed by atoms with E-state index < -0.39 is 0 Å². The number of thioether (sulfide) groups is 1. The molecule has 0 fully saturated rings. The SMILES string of the molecule is CSCCN(C)c1nnc(CN)o1. The van der Waals surface area contributed by atoms with E-state index in [1.165, 1.54) is 0 Å². The van der Waals surface area contributed by atoms with E-state index in [-0.39, 0.29) is 0 Å². The predicted octanol–water partition coefficient (Wildman–Crippen LogP) is 0.328. The molecule has 0 aliphatic carbocycles. The normalized spacial score (nSPS) is 10.4. The first-order valence-corrected chi connectivity index (χ1v) is 5.40. The smallest absolute Gasteiger partial charge is 0.317 e. The van der Waals surface area contributed by atoms with Crippen molar-refractivity contribution in [1.29, 1.82) is 0 Å². The Balaban J connectivity index is 2.50. The van der Waals surface area contributed by atoms with Crippen molar-refractivity contribution in [2.75, 3.05) is 30.5 Å². The first kappa shape index (κ1) is 10.3. The van der Waals surface area contributed by atoms with E-state index in [0.717, 1.165) is 12.3 Å². The summed E-state index contributed by atoms with van der Waals surface area (Å²) in [6.45, 7) is 1.19. The Morgan fingerprint density at radius 3 is 2.85 bits per heavy atom. The molecule has 0 unspecified atom stereocenters. The zero-order chi connectivity index (χ0) is 9.68. The highest BCUT2D eigenvalue weighted by atomic mass is 32.2. The summed E-state index contributed by atoms with van der Waals surface area (Å²) >= 11 is 1.78. The number of anilines is 1. The van der Waals surface area contributed by atoms with Crippen LogP contribution < -0.4 is 10.6 Å². The van der Waals surface area contributed by atoms with Gasteiger partial charge in [-0.15, -0.1) is 5.10 Å². The molecule has 0 radical (unpaired) electrons. The third kappa shape index (κ3) is 2.89. The Morgan fingerprint density at radius 2 is 2.31 bits per heavy atom. The zero-order valence-electron chi connectivity index (χ0n) is 7.86. The molecule has 0 amide bonds. The Labute approximate surface area is 81.7 Å². The first-order chi connectivity index (χ1) is 6.27. The van der Waals surface area contributed by atoms with Gasteiger partial charge in [-0.05, 0) is 6.26 Å². The molecule has 5 nitrogen and oxygen atoms in total. The Hall–Kier alpha value is -0.750. The molecule has 0 bridgehead atoms. The second-order valence-electron chi connectivity index (χ2n) is 2.60. The van der Waals surface area contributed by atoms with Gasteiger partial charge in [-0.1, -0.05) is 5.10 Å². The number of hydrogen-bond donors (Lipinski definition) is 1. The third-order valence-corrected chi connectivity index (χ3v) is 2.18. The molecular formula is C7H14N4OS. The van der Waals surface area contributed by atoms with Crippen LogP contribution in [0.15, 0.2) is 4.42 Å². The van der Waals surface area contributed by atoms with E-state index in [1.807, 2.05) is 11.9 Å². The number of rotatable bonds is 5. The van der Waals surface area contributed by atoms with Crippen molar-refractivity contribution in [2.45, 2.75) is 6.54 Å². The van der Waals surface area contributed by atoms with Crippen LogP contribution in [0.25, 0.3) is 0 Å². The maximum Gasteiger partial charge on any atom is 0.317 e. The summed E-state index contributed by atoms with van der Waals surface area (Å²) in [7, 11) is 1.92. The Kier molecular flexibility index (Phi) is 4.04. The van der Waals surface area contributed by atoms with Crippen LogP contribution in [0.1, 0.15) is 5.89 Å². The van der Waals surface area contributed by atoms with Gasteiger partial charge in [0.1, 0.15) is 0 Å². The van der Waals surface area contributed by atoms with Crippen LogP contribution in [0.4, 0.5) is 6.01 Å². The van der Waals surface area contributed by atoms with Gasteiger partial charge in [0.2, 0.25) is 5.89 Å². The van der Waals surface area contributed by atoms with Gasteiger partial charge in [0.05, 0.1) is 6.54 Å². The van der Waals surface area contributed by atoms with Crippen LogP contribution in [0, 0.1) is 0 Å². The topological polar surface area (TPSA) is 68.2 Å². The standard InChI is InChI=1S/C7H14N4OS/c1-11(3-4-13-2)7-10-9-6(5-8)12-7/h3-5,8H2,1-2H3. The van der Waals surface area contributed by atoms with E-state index in [2.05, 4.69) is 16.5 Å². The zero-order valence-corrected chi connectivity index (χ0v) is 8.67. The fraction of sp³-hybridized carbons (Fsp3) is 0.714. The van der Waals surface area contributed by atoms with Crippen LogP contribution in [0.5, 0.6) is 0 Å². The first-order valence-electron chi connectivity index (χ1n) is 4.00. The molecule has 0 atom stereocenters. The third-order valence-electron chi connectivity index (χ3n) is 1.59. The summed E-state index contributed by atoms with van der Waals surface area (Å²) in [5, 5.41) is 7.63. The molecule has 0 saturated carbocycles. The summed E-state index contributed by atoms with van der Waals surface area (Å²) < 4.78 is 5.26. The van der Waals surface area contributed by atoms with Crippen molar-refractivity contribution >= 4 is 17.8 Å². The van der Waals surface area contributed by atoms with Crippen LogP contribution >= 0.6 is 11.8 Å². The largest absolute Gasteiger partial charge is 0.407 e. The van der Waals surface area contributed by atoms with Crippen molar-refractivity contribution in [2.24, 2.45) is 5.73 Å². The maximum absolute atomic E-state index is 5.34. The molecule has 0 aliphatic heterocycles. The lowest BCUT2D eigenvalue weighted by molar-refractivity contribution is 0.493. The van der Waals surface area contributed by atoms with Crippen LogP contribution in [-0.2, 0) is 6.54 Å². The van der Waals surface area contributed by atoms with E-state index in [0.29, 0.717) is 18.5 Å². The monoisotopic (exact) mass is 202 g/mol. The predicted molar refractivity (Wildman–Crippen MR) is 53.8 cm³/mol. The second kappa shape index (κ2) is 5.08. The molecule has 74 valence electrons. The van der Waals surface area contributed by atoms with Gasteiger partial charge >= 0.3 is 6.01 Å². The Bertz CT molecular complexity index is 252. The van der Waals surface area contributed by atoms with Gasteiger partial charge in [-0.2, -0.15) is 11.8 Å². The van der Waals surface area contributed by atoms with E-state index in [4.69, 9.17) is 10.2 Å². The van der Waals surface area contributed by atoms with Gasteiger partial charge in [-0.25, -0.2) is 0 Å². The molecule has 0 aromatic carbocycles. The van der Waals surface area contributed by atoms with Crippen LogP contribution in [0.2, 0.25) is 0 Å². The van der Waals surface area contributed by atoms with E-state index in [9.17, 15) is 0 Å². The van der Waals surface area contributed by atoms with Crippen molar-refractivity contribution in [1.82, 2.24) is 10.2 Å². The summed E-state index contributed by atoms with van der Waals surface area (Å²) in [5.41, 5.74) is 5.34. The average molecular weight is 202 g/mol.